The molecule has 0 atom stereocenters. The second-order valence-corrected chi connectivity index (χ2v) is 8.70. The molecule has 2 aromatic rings. The molecule has 0 aliphatic heterocycles. The molecule has 0 aliphatic rings. The van der Waals surface area contributed by atoms with Gasteiger partial charge >= 0.3 is 0 Å². The number of hydrogen-bond donors (Lipinski definition) is 2. The number of nitrogens with zero attached hydrogens (tertiary/aromatic N) is 1. The maximum Gasteiger partial charge on any atom is 0.274 e. The predicted octanol–water partition coefficient (Wildman–Crippen LogP) is 2.93. The summed E-state index contributed by atoms with van der Waals surface area (Å²) in [6.45, 7) is 6.19. The van der Waals surface area contributed by atoms with Crippen molar-refractivity contribution < 1.29 is 18.4 Å². The van der Waals surface area contributed by atoms with Gasteiger partial charge in [0.1, 0.15) is 0 Å². The number of sulfonamides is 1. The number of benzene rings is 2. The van der Waals surface area contributed by atoms with Crippen molar-refractivity contribution in [1.29, 1.82) is 0 Å². The van der Waals surface area contributed by atoms with E-state index in [0.717, 1.165) is 9.87 Å². The fourth-order valence-corrected chi connectivity index (χ4v) is 3.51. The van der Waals surface area contributed by atoms with Crippen LogP contribution in [0.15, 0.2) is 53.4 Å². The van der Waals surface area contributed by atoms with Gasteiger partial charge in [0, 0.05) is 12.6 Å². The van der Waals surface area contributed by atoms with E-state index in [1.165, 1.54) is 36.8 Å². The van der Waals surface area contributed by atoms with Crippen LogP contribution in [0.2, 0.25) is 0 Å². The number of carbonyl (C=O) groups excluding carboxylic acids is 1. The monoisotopic (exact) mass is 362 g/mol. The van der Waals surface area contributed by atoms with Gasteiger partial charge in [-0.1, -0.05) is 32.9 Å². The van der Waals surface area contributed by atoms with E-state index in [9.17, 15) is 13.2 Å². The Balaban J connectivity index is 2.31. The highest BCUT2D eigenvalue weighted by molar-refractivity contribution is 7.92. The van der Waals surface area contributed by atoms with Crippen LogP contribution in [0.3, 0.4) is 0 Å². The van der Waals surface area contributed by atoms with E-state index in [2.05, 4.69) is 20.8 Å². The van der Waals surface area contributed by atoms with Crippen LogP contribution in [0.4, 0.5) is 5.69 Å². The minimum absolute atomic E-state index is 0.0582. The van der Waals surface area contributed by atoms with Crippen LogP contribution in [-0.4, -0.2) is 26.6 Å². The number of rotatable bonds is 4. The van der Waals surface area contributed by atoms with Crippen LogP contribution >= 0.6 is 0 Å². The highest BCUT2D eigenvalue weighted by Gasteiger charge is 2.22. The van der Waals surface area contributed by atoms with Crippen LogP contribution in [-0.2, 0) is 15.4 Å². The summed E-state index contributed by atoms with van der Waals surface area (Å²) in [5, 5.41) is 8.62. The number of hydrogen-bond acceptors (Lipinski definition) is 4. The number of amides is 1. The average molecular weight is 362 g/mol. The molecule has 2 rings (SSSR count). The lowest BCUT2D eigenvalue weighted by molar-refractivity contribution is 0.0706. The van der Waals surface area contributed by atoms with Gasteiger partial charge < -0.3 is 0 Å². The summed E-state index contributed by atoms with van der Waals surface area (Å²) >= 11 is 0. The molecule has 0 aliphatic carbocycles. The summed E-state index contributed by atoms with van der Waals surface area (Å²) in [7, 11) is -2.26. The van der Waals surface area contributed by atoms with Gasteiger partial charge in [-0.25, -0.2) is 13.9 Å². The molecule has 2 aromatic carbocycles. The Hall–Kier alpha value is -2.38. The molecule has 0 saturated heterocycles. The van der Waals surface area contributed by atoms with Crippen LogP contribution in [0, 0.1) is 0 Å². The van der Waals surface area contributed by atoms with Gasteiger partial charge in [-0.05, 0) is 47.4 Å². The number of hydroxylamine groups is 1. The Morgan fingerprint density at radius 2 is 1.52 bits per heavy atom. The Labute approximate surface area is 148 Å². The zero-order chi connectivity index (χ0) is 18.8. The summed E-state index contributed by atoms with van der Waals surface area (Å²) in [5.41, 5.74) is 3.16. The molecule has 0 spiro atoms. The van der Waals surface area contributed by atoms with E-state index in [0.29, 0.717) is 5.69 Å². The Kier molecular flexibility index (Phi) is 5.20. The second kappa shape index (κ2) is 6.85. The Morgan fingerprint density at radius 1 is 1.00 bits per heavy atom. The largest absolute Gasteiger partial charge is 0.288 e. The molecule has 0 saturated carbocycles. The third-order valence-electron chi connectivity index (χ3n) is 3.97. The van der Waals surface area contributed by atoms with E-state index in [1.807, 2.05) is 12.1 Å². The molecule has 0 radical (unpaired) electrons. The topological polar surface area (TPSA) is 86.7 Å². The fraction of sp³-hybridized carbons (Fsp3) is 0.278. The maximum absolute atomic E-state index is 12.8. The van der Waals surface area contributed by atoms with Gasteiger partial charge in [0.25, 0.3) is 15.9 Å². The normalized spacial score (nSPS) is 11.9. The van der Waals surface area contributed by atoms with Crippen molar-refractivity contribution in [1.82, 2.24) is 5.48 Å². The number of nitrogens with one attached hydrogen (secondary N) is 1. The molecule has 134 valence electrons. The first-order valence-electron chi connectivity index (χ1n) is 7.71. The molecule has 0 unspecified atom stereocenters. The van der Waals surface area contributed by atoms with Gasteiger partial charge in [-0.3, -0.25) is 14.3 Å². The second-order valence-electron chi connectivity index (χ2n) is 6.73. The van der Waals surface area contributed by atoms with E-state index in [4.69, 9.17) is 5.21 Å². The quantitative estimate of drug-likeness (QED) is 0.647. The third kappa shape index (κ3) is 4.00. The summed E-state index contributed by atoms with van der Waals surface area (Å²) in [4.78, 5) is 11.5. The standard InChI is InChI=1S/C18H22N2O4S/c1-18(2,3)14-7-11-16(12-8-14)25(23,24)20(4)15-9-5-13(6-10-15)17(21)19-22/h5-12,22H,1-4H3,(H,19,21). The van der Waals surface area contributed by atoms with Crippen molar-refractivity contribution >= 4 is 21.6 Å². The molecule has 6 nitrogen and oxygen atoms in total. The van der Waals surface area contributed by atoms with Crippen molar-refractivity contribution in [2.75, 3.05) is 11.4 Å². The maximum atomic E-state index is 12.8. The zero-order valence-electron chi connectivity index (χ0n) is 14.6. The first-order valence-corrected chi connectivity index (χ1v) is 9.15. The lowest BCUT2D eigenvalue weighted by Crippen LogP contribution is -2.27. The van der Waals surface area contributed by atoms with Gasteiger partial charge in [0.15, 0.2) is 0 Å². The van der Waals surface area contributed by atoms with Crippen LogP contribution in [0.25, 0.3) is 0 Å². The van der Waals surface area contributed by atoms with Crippen LogP contribution in [0.5, 0.6) is 0 Å². The molecule has 7 heteroatoms. The van der Waals surface area contributed by atoms with Crippen LogP contribution < -0.4 is 9.79 Å². The summed E-state index contributed by atoms with van der Waals surface area (Å²) in [6.07, 6.45) is 0. The van der Waals surface area contributed by atoms with Crippen molar-refractivity contribution in [3.8, 4) is 0 Å². The highest BCUT2D eigenvalue weighted by Crippen LogP contribution is 2.26. The van der Waals surface area contributed by atoms with E-state index in [1.54, 1.807) is 12.1 Å². The van der Waals surface area contributed by atoms with E-state index >= 15 is 0 Å². The minimum Gasteiger partial charge on any atom is -0.288 e. The van der Waals surface area contributed by atoms with Gasteiger partial charge in [0.05, 0.1) is 10.6 Å². The van der Waals surface area contributed by atoms with Crippen molar-refractivity contribution in [3.63, 3.8) is 0 Å². The lowest BCUT2D eigenvalue weighted by atomic mass is 9.87. The fourth-order valence-electron chi connectivity index (χ4n) is 2.31. The zero-order valence-corrected chi connectivity index (χ0v) is 15.5. The summed E-state index contributed by atoms with van der Waals surface area (Å²) < 4.78 is 26.7. The van der Waals surface area contributed by atoms with Gasteiger partial charge in [-0.2, -0.15) is 0 Å². The van der Waals surface area contributed by atoms with Crippen molar-refractivity contribution in [2.45, 2.75) is 31.1 Å². The van der Waals surface area contributed by atoms with Crippen molar-refractivity contribution in [2.24, 2.45) is 0 Å². The highest BCUT2D eigenvalue weighted by atomic mass is 32.2. The van der Waals surface area contributed by atoms with Gasteiger partial charge in [0.2, 0.25) is 0 Å². The first-order chi connectivity index (χ1) is 11.6. The molecule has 1 amide bonds. The predicted molar refractivity (Wildman–Crippen MR) is 96.4 cm³/mol. The third-order valence-corrected chi connectivity index (χ3v) is 5.77. The van der Waals surface area contributed by atoms with E-state index < -0.39 is 15.9 Å². The summed E-state index contributed by atoms with van der Waals surface area (Å²) in [5.74, 6) is -0.658. The molecule has 0 aromatic heterocycles. The average Bonchev–Trinajstić information content (AvgIpc) is 2.60. The van der Waals surface area contributed by atoms with Crippen molar-refractivity contribution in [3.05, 3.63) is 59.7 Å². The molecular formula is C18H22N2O4S. The Bertz CT molecular complexity index is 851. The smallest absolute Gasteiger partial charge is 0.274 e. The minimum atomic E-state index is -3.71. The number of anilines is 1. The SMILES string of the molecule is CN(c1ccc(C(=O)NO)cc1)S(=O)(=O)c1ccc(C(C)(C)C)cc1. The molecule has 0 fully saturated rings. The Morgan fingerprint density at radius 3 is 1.96 bits per heavy atom. The molecule has 0 bridgehead atoms. The first kappa shape index (κ1) is 19.0. The van der Waals surface area contributed by atoms with Gasteiger partial charge in [-0.15, -0.1) is 0 Å². The number of carbonyl (C=O) groups is 1. The summed E-state index contributed by atoms with van der Waals surface area (Å²) in [6, 6.07) is 12.7. The molecule has 25 heavy (non-hydrogen) atoms. The molecular weight excluding hydrogens is 340 g/mol. The van der Waals surface area contributed by atoms with E-state index in [-0.39, 0.29) is 15.9 Å². The molecule has 0 heterocycles. The van der Waals surface area contributed by atoms with Crippen LogP contribution in [0.1, 0.15) is 36.7 Å². The lowest BCUT2D eigenvalue weighted by Gasteiger charge is -2.22. The molecule has 2 N–H and O–H groups in total.